The van der Waals surface area contributed by atoms with E-state index in [-0.39, 0.29) is 17.2 Å². The van der Waals surface area contributed by atoms with E-state index in [0.717, 1.165) is 25.7 Å². The number of sulfonamides is 1. The van der Waals surface area contributed by atoms with Crippen molar-refractivity contribution in [3.8, 4) is 0 Å². The molecular formula is C12H21N3O4S. The Hall–Kier alpha value is -1.41. The van der Waals surface area contributed by atoms with E-state index in [1.54, 1.807) is 6.92 Å². The quantitative estimate of drug-likeness (QED) is 0.555. The highest BCUT2D eigenvalue weighted by Gasteiger charge is 2.27. The molecule has 0 spiro atoms. The number of carbonyl (C=O) groups excluding carboxylic acids is 1. The number of carbonyl (C=O) groups is 1. The molecule has 1 aromatic rings. The number of nitrogens with zero attached hydrogens (tertiary/aromatic N) is 1. The minimum atomic E-state index is -4.01. The van der Waals surface area contributed by atoms with E-state index in [1.165, 1.54) is 0 Å². The van der Waals surface area contributed by atoms with Crippen LogP contribution in [0.1, 0.15) is 55.7 Å². The van der Waals surface area contributed by atoms with Gasteiger partial charge in [0.05, 0.1) is 12.3 Å². The Labute approximate surface area is 118 Å². The summed E-state index contributed by atoms with van der Waals surface area (Å²) in [6, 6.07) is 0. The van der Waals surface area contributed by atoms with Crippen LogP contribution in [0.5, 0.6) is 0 Å². The topological polar surface area (TPSA) is 115 Å². The van der Waals surface area contributed by atoms with Gasteiger partial charge < -0.3 is 4.74 Å². The average Bonchev–Trinajstić information content (AvgIpc) is 2.82. The predicted octanol–water partition coefficient (Wildman–Crippen LogP) is 1.36. The van der Waals surface area contributed by atoms with Crippen LogP contribution in [0.3, 0.4) is 0 Å². The highest BCUT2D eigenvalue weighted by atomic mass is 32.2. The first-order valence-corrected chi connectivity index (χ1v) is 8.23. The number of nitrogens with one attached hydrogen (secondary N) is 1. The van der Waals surface area contributed by atoms with Gasteiger partial charge >= 0.3 is 5.97 Å². The molecular weight excluding hydrogens is 282 g/mol. The Bertz CT molecular complexity index is 551. The van der Waals surface area contributed by atoms with E-state index >= 15 is 0 Å². The lowest BCUT2D eigenvalue weighted by Gasteiger charge is -2.04. The zero-order valence-electron chi connectivity index (χ0n) is 11.8. The van der Waals surface area contributed by atoms with Crippen molar-refractivity contribution >= 4 is 16.0 Å². The lowest BCUT2D eigenvalue weighted by atomic mass is 10.2. The summed E-state index contributed by atoms with van der Waals surface area (Å²) >= 11 is 0. The maximum Gasteiger partial charge on any atom is 0.360 e. The molecule has 0 saturated carbocycles. The lowest BCUT2D eigenvalue weighted by Crippen LogP contribution is -2.18. The largest absolute Gasteiger partial charge is 0.461 e. The first kappa shape index (κ1) is 16.6. The van der Waals surface area contributed by atoms with Crippen LogP contribution < -0.4 is 5.14 Å². The number of rotatable bonds is 8. The zero-order chi connectivity index (χ0) is 15.2. The molecule has 0 aliphatic carbocycles. The molecule has 0 amide bonds. The van der Waals surface area contributed by atoms with Crippen LogP contribution >= 0.6 is 0 Å². The van der Waals surface area contributed by atoms with Gasteiger partial charge in [-0.3, -0.25) is 5.10 Å². The van der Waals surface area contributed by atoms with Crippen molar-refractivity contribution in [1.29, 1.82) is 0 Å². The minimum Gasteiger partial charge on any atom is -0.461 e. The van der Waals surface area contributed by atoms with Crippen molar-refractivity contribution in [1.82, 2.24) is 10.2 Å². The number of esters is 1. The van der Waals surface area contributed by atoms with E-state index in [0.29, 0.717) is 12.1 Å². The van der Waals surface area contributed by atoms with Crippen LogP contribution in [0, 0.1) is 0 Å². The van der Waals surface area contributed by atoms with Gasteiger partial charge in [-0.2, -0.15) is 5.10 Å². The van der Waals surface area contributed by atoms with E-state index in [4.69, 9.17) is 9.88 Å². The molecule has 0 unspecified atom stereocenters. The summed E-state index contributed by atoms with van der Waals surface area (Å²) in [7, 11) is -4.01. The molecule has 0 fully saturated rings. The molecule has 0 atom stereocenters. The molecule has 0 aliphatic heterocycles. The summed E-state index contributed by atoms with van der Waals surface area (Å²) in [6.07, 6.45) is 4.25. The van der Waals surface area contributed by atoms with E-state index in [1.807, 2.05) is 0 Å². The van der Waals surface area contributed by atoms with Gasteiger partial charge in [0, 0.05) is 0 Å². The van der Waals surface area contributed by atoms with Crippen molar-refractivity contribution in [2.75, 3.05) is 6.61 Å². The Balaban J connectivity index is 2.76. The van der Waals surface area contributed by atoms with E-state index in [2.05, 4.69) is 17.1 Å². The van der Waals surface area contributed by atoms with Gasteiger partial charge in [-0.05, 0) is 12.8 Å². The van der Waals surface area contributed by atoms with Crippen molar-refractivity contribution in [3.05, 3.63) is 11.4 Å². The van der Waals surface area contributed by atoms with Gasteiger partial charge in [0.1, 0.15) is 4.90 Å². The van der Waals surface area contributed by atoms with Gasteiger partial charge in [0.2, 0.25) is 10.0 Å². The van der Waals surface area contributed by atoms with Crippen LogP contribution in [0.4, 0.5) is 0 Å². The highest BCUT2D eigenvalue weighted by Crippen LogP contribution is 2.18. The maximum atomic E-state index is 11.8. The van der Waals surface area contributed by atoms with Gasteiger partial charge in [0.25, 0.3) is 0 Å². The molecule has 1 aromatic heterocycles. The molecule has 7 nitrogen and oxygen atoms in total. The second-order valence-electron chi connectivity index (χ2n) is 4.48. The van der Waals surface area contributed by atoms with Crippen LogP contribution in [-0.2, 0) is 21.2 Å². The number of nitrogens with two attached hydrogens (primary N) is 1. The fraction of sp³-hybridized carbons (Fsp3) is 0.667. The zero-order valence-corrected chi connectivity index (χ0v) is 12.6. The molecule has 1 rings (SSSR count). The number of aryl methyl sites for hydroxylation is 1. The van der Waals surface area contributed by atoms with Crippen LogP contribution in [0.25, 0.3) is 0 Å². The third kappa shape index (κ3) is 4.31. The summed E-state index contributed by atoms with van der Waals surface area (Å²) < 4.78 is 28.1. The number of ether oxygens (including phenoxy) is 1. The fourth-order valence-corrected chi connectivity index (χ4v) is 2.75. The second kappa shape index (κ2) is 7.39. The molecule has 0 aliphatic rings. The summed E-state index contributed by atoms with van der Waals surface area (Å²) in [6.45, 7) is 4.07. The summed E-state index contributed by atoms with van der Waals surface area (Å²) in [5.74, 6) is -0.763. The SMILES string of the molecule is CCCCCCOC(=O)c1n[nH]c(CC)c1S(N)(=O)=O. The number of H-pyrrole nitrogens is 1. The smallest absolute Gasteiger partial charge is 0.360 e. The first-order valence-electron chi connectivity index (χ1n) is 6.69. The average molecular weight is 303 g/mol. The fourth-order valence-electron chi connectivity index (χ4n) is 1.81. The maximum absolute atomic E-state index is 11.8. The molecule has 3 N–H and O–H groups in total. The van der Waals surface area contributed by atoms with Crippen molar-refractivity contribution in [3.63, 3.8) is 0 Å². The first-order chi connectivity index (χ1) is 9.41. The molecule has 0 saturated heterocycles. The highest BCUT2D eigenvalue weighted by molar-refractivity contribution is 7.89. The molecule has 0 aromatic carbocycles. The van der Waals surface area contributed by atoms with Crippen molar-refractivity contribution in [2.45, 2.75) is 50.8 Å². The summed E-state index contributed by atoms with van der Waals surface area (Å²) in [5.41, 5.74) is 0.0466. The van der Waals surface area contributed by atoms with Crippen LogP contribution in [-0.4, -0.2) is 31.2 Å². The Morgan fingerprint density at radius 3 is 2.55 bits per heavy atom. The van der Waals surface area contributed by atoms with E-state index in [9.17, 15) is 13.2 Å². The third-order valence-electron chi connectivity index (χ3n) is 2.85. The third-order valence-corrected chi connectivity index (χ3v) is 3.86. The second-order valence-corrected chi connectivity index (χ2v) is 5.97. The lowest BCUT2D eigenvalue weighted by molar-refractivity contribution is 0.0486. The predicted molar refractivity (Wildman–Crippen MR) is 73.8 cm³/mol. The van der Waals surface area contributed by atoms with Gasteiger partial charge in [-0.25, -0.2) is 18.4 Å². The number of hydrogen-bond acceptors (Lipinski definition) is 5. The number of primary sulfonamides is 1. The molecule has 114 valence electrons. The standard InChI is InChI=1S/C12H21N3O4S/c1-3-5-6-7-8-19-12(16)10-11(20(13,17)18)9(4-2)14-15-10/h3-8H2,1-2H3,(H,14,15)(H2,13,17,18). The molecule has 0 bridgehead atoms. The minimum absolute atomic E-state index is 0.247. The molecule has 8 heteroatoms. The van der Waals surface area contributed by atoms with Gasteiger partial charge in [-0.15, -0.1) is 0 Å². The summed E-state index contributed by atoms with van der Waals surface area (Å²) in [4.78, 5) is 11.6. The van der Waals surface area contributed by atoms with Gasteiger partial charge in [0.15, 0.2) is 5.69 Å². The molecule has 20 heavy (non-hydrogen) atoms. The van der Waals surface area contributed by atoms with Crippen LogP contribution in [0.15, 0.2) is 4.90 Å². The number of hydrogen-bond donors (Lipinski definition) is 2. The summed E-state index contributed by atoms with van der Waals surface area (Å²) in [5, 5.41) is 11.3. The van der Waals surface area contributed by atoms with Crippen LogP contribution in [0.2, 0.25) is 0 Å². The molecule has 0 radical (unpaired) electrons. The van der Waals surface area contributed by atoms with Crippen molar-refractivity contribution in [2.24, 2.45) is 5.14 Å². The van der Waals surface area contributed by atoms with Crippen molar-refractivity contribution < 1.29 is 17.9 Å². The number of unbranched alkanes of at least 4 members (excludes halogenated alkanes) is 3. The number of aromatic amines is 1. The van der Waals surface area contributed by atoms with Gasteiger partial charge in [-0.1, -0.05) is 33.1 Å². The molecule has 1 heterocycles. The Morgan fingerprint density at radius 1 is 1.30 bits per heavy atom. The normalized spacial score (nSPS) is 11.6. The van der Waals surface area contributed by atoms with E-state index < -0.39 is 16.0 Å². The Morgan fingerprint density at radius 2 is 2.00 bits per heavy atom. The monoisotopic (exact) mass is 303 g/mol. The number of aromatic nitrogens is 2. The Kier molecular flexibility index (Phi) is 6.15.